The van der Waals surface area contributed by atoms with Crippen LogP contribution >= 0.6 is 0 Å². The van der Waals surface area contributed by atoms with Gasteiger partial charge in [0.25, 0.3) is 0 Å². The third kappa shape index (κ3) is 2.43. The average Bonchev–Trinajstić information content (AvgIpc) is 2.29. The molecular formula is C14H19NO2. The zero-order valence-electron chi connectivity index (χ0n) is 10.2. The van der Waals surface area contributed by atoms with E-state index in [-0.39, 0.29) is 5.54 Å². The second-order valence-electron chi connectivity index (χ2n) is 4.89. The summed E-state index contributed by atoms with van der Waals surface area (Å²) in [6.45, 7) is 2.05. The van der Waals surface area contributed by atoms with Crippen LogP contribution in [0, 0.1) is 6.92 Å². The van der Waals surface area contributed by atoms with E-state index in [1.165, 1.54) is 12.0 Å². The average molecular weight is 233 g/mol. The third-order valence-corrected chi connectivity index (χ3v) is 3.71. The van der Waals surface area contributed by atoms with Gasteiger partial charge in [-0.3, -0.25) is 0 Å². The molecule has 0 heterocycles. The van der Waals surface area contributed by atoms with Crippen LogP contribution in [-0.4, -0.2) is 11.2 Å². The molecule has 0 spiro atoms. The maximum Gasteiger partial charge on any atom is 0.405 e. The first-order valence-corrected chi connectivity index (χ1v) is 6.21. The second kappa shape index (κ2) is 4.78. The van der Waals surface area contributed by atoms with Crippen molar-refractivity contribution in [1.82, 2.24) is 5.32 Å². The number of carbonyl (C=O) groups is 1. The molecule has 0 aliphatic heterocycles. The Balaban J connectivity index is 2.39. The lowest BCUT2D eigenvalue weighted by Gasteiger charge is -2.38. The number of nitrogens with one attached hydrogen (secondary N) is 1. The van der Waals surface area contributed by atoms with E-state index in [1.807, 2.05) is 12.1 Å². The molecule has 1 amide bonds. The molecule has 17 heavy (non-hydrogen) atoms. The molecule has 2 N–H and O–H groups in total. The van der Waals surface area contributed by atoms with Crippen molar-refractivity contribution in [3.05, 3.63) is 35.4 Å². The molecule has 1 aromatic carbocycles. The number of carboxylic acid groups (broad SMARTS) is 1. The summed E-state index contributed by atoms with van der Waals surface area (Å²) in [5, 5.41) is 11.8. The molecule has 1 aromatic rings. The molecule has 3 nitrogen and oxygen atoms in total. The van der Waals surface area contributed by atoms with Crippen molar-refractivity contribution in [2.75, 3.05) is 0 Å². The van der Waals surface area contributed by atoms with Crippen LogP contribution in [0.4, 0.5) is 4.79 Å². The van der Waals surface area contributed by atoms with Gasteiger partial charge < -0.3 is 10.4 Å². The molecular weight excluding hydrogens is 214 g/mol. The van der Waals surface area contributed by atoms with Crippen molar-refractivity contribution in [2.45, 2.75) is 44.6 Å². The summed E-state index contributed by atoms with van der Waals surface area (Å²) in [5.74, 6) is 0. The predicted octanol–water partition coefficient (Wildman–Crippen LogP) is 3.42. The number of aryl methyl sites for hydroxylation is 1. The standard InChI is InChI=1S/C14H19NO2/c1-11-7-3-4-8-12(11)14(15-13(16)17)9-5-2-6-10-14/h3-4,7-8,15H,2,5-6,9-10H2,1H3,(H,16,17). The molecule has 0 saturated heterocycles. The summed E-state index contributed by atoms with van der Waals surface area (Å²) < 4.78 is 0. The Morgan fingerprint density at radius 1 is 1.24 bits per heavy atom. The van der Waals surface area contributed by atoms with E-state index in [1.54, 1.807) is 0 Å². The highest BCUT2D eigenvalue weighted by atomic mass is 16.4. The van der Waals surface area contributed by atoms with E-state index in [0.717, 1.165) is 31.2 Å². The lowest BCUT2D eigenvalue weighted by Crippen LogP contribution is -2.47. The predicted molar refractivity (Wildman–Crippen MR) is 67.1 cm³/mol. The van der Waals surface area contributed by atoms with E-state index in [0.29, 0.717) is 0 Å². The fraction of sp³-hybridized carbons (Fsp3) is 0.500. The molecule has 0 unspecified atom stereocenters. The highest BCUT2D eigenvalue weighted by Gasteiger charge is 2.36. The molecule has 0 bridgehead atoms. The van der Waals surface area contributed by atoms with E-state index in [2.05, 4.69) is 24.4 Å². The van der Waals surface area contributed by atoms with Crippen LogP contribution in [0.2, 0.25) is 0 Å². The number of rotatable bonds is 2. The molecule has 92 valence electrons. The van der Waals surface area contributed by atoms with E-state index in [9.17, 15) is 4.79 Å². The van der Waals surface area contributed by atoms with E-state index >= 15 is 0 Å². The number of hydrogen-bond acceptors (Lipinski definition) is 1. The Morgan fingerprint density at radius 3 is 2.47 bits per heavy atom. The SMILES string of the molecule is Cc1ccccc1C1(NC(=O)O)CCCCC1. The van der Waals surface area contributed by atoms with Crippen molar-refractivity contribution >= 4 is 6.09 Å². The van der Waals surface area contributed by atoms with Crippen LogP contribution < -0.4 is 5.32 Å². The Labute approximate surface area is 102 Å². The molecule has 3 heteroatoms. The normalized spacial score (nSPS) is 18.6. The van der Waals surface area contributed by atoms with Crippen molar-refractivity contribution < 1.29 is 9.90 Å². The van der Waals surface area contributed by atoms with Gasteiger partial charge in [0, 0.05) is 0 Å². The van der Waals surface area contributed by atoms with Crippen LogP contribution in [0.15, 0.2) is 24.3 Å². The fourth-order valence-corrected chi connectivity index (χ4v) is 2.93. The van der Waals surface area contributed by atoms with Gasteiger partial charge in [-0.15, -0.1) is 0 Å². The third-order valence-electron chi connectivity index (χ3n) is 3.71. The Hall–Kier alpha value is -1.51. The molecule has 2 rings (SSSR count). The molecule has 1 saturated carbocycles. The van der Waals surface area contributed by atoms with Crippen molar-refractivity contribution in [1.29, 1.82) is 0 Å². The number of benzene rings is 1. The summed E-state index contributed by atoms with van der Waals surface area (Å²) in [5.41, 5.74) is 1.94. The van der Waals surface area contributed by atoms with E-state index in [4.69, 9.17) is 5.11 Å². The summed E-state index contributed by atoms with van der Waals surface area (Å²) in [7, 11) is 0. The van der Waals surface area contributed by atoms with Crippen LogP contribution in [0.3, 0.4) is 0 Å². The largest absolute Gasteiger partial charge is 0.465 e. The molecule has 1 aliphatic rings. The van der Waals surface area contributed by atoms with Gasteiger partial charge in [0.1, 0.15) is 0 Å². The molecule has 0 atom stereocenters. The van der Waals surface area contributed by atoms with Gasteiger partial charge in [0.05, 0.1) is 5.54 Å². The van der Waals surface area contributed by atoms with Crippen LogP contribution in [-0.2, 0) is 5.54 Å². The van der Waals surface area contributed by atoms with Gasteiger partial charge in [0.2, 0.25) is 0 Å². The van der Waals surface area contributed by atoms with Gasteiger partial charge in [-0.05, 0) is 30.9 Å². The molecule has 0 aromatic heterocycles. The van der Waals surface area contributed by atoms with Gasteiger partial charge in [-0.1, -0.05) is 43.5 Å². The quantitative estimate of drug-likeness (QED) is 0.822. The van der Waals surface area contributed by atoms with Crippen LogP contribution in [0.5, 0.6) is 0 Å². The van der Waals surface area contributed by atoms with Gasteiger partial charge in [0.15, 0.2) is 0 Å². The highest BCUT2D eigenvalue weighted by molar-refractivity contribution is 5.66. The Bertz CT molecular complexity index is 408. The maximum absolute atomic E-state index is 11.0. The zero-order chi connectivity index (χ0) is 12.3. The summed E-state index contributed by atoms with van der Waals surface area (Å²) in [6.07, 6.45) is 4.28. The Morgan fingerprint density at radius 2 is 1.88 bits per heavy atom. The minimum atomic E-state index is -0.921. The number of amides is 1. The zero-order valence-corrected chi connectivity index (χ0v) is 10.2. The molecule has 1 aliphatic carbocycles. The monoisotopic (exact) mass is 233 g/mol. The second-order valence-corrected chi connectivity index (χ2v) is 4.89. The Kier molecular flexibility index (Phi) is 3.36. The lowest BCUT2D eigenvalue weighted by atomic mass is 9.75. The number of hydrogen-bond donors (Lipinski definition) is 2. The summed E-state index contributed by atoms with van der Waals surface area (Å²) >= 11 is 0. The first-order valence-electron chi connectivity index (χ1n) is 6.21. The van der Waals surface area contributed by atoms with Crippen LogP contribution in [0.25, 0.3) is 0 Å². The first-order chi connectivity index (χ1) is 8.14. The van der Waals surface area contributed by atoms with Gasteiger partial charge in [-0.25, -0.2) is 4.79 Å². The molecule has 0 radical (unpaired) electrons. The van der Waals surface area contributed by atoms with Crippen LogP contribution in [0.1, 0.15) is 43.2 Å². The maximum atomic E-state index is 11.0. The van der Waals surface area contributed by atoms with E-state index < -0.39 is 6.09 Å². The highest BCUT2D eigenvalue weighted by Crippen LogP contribution is 2.38. The minimum Gasteiger partial charge on any atom is -0.465 e. The van der Waals surface area contributed by atoms with Gasteiger partial charge in [-0.2, -0.15) is 0 Å². The lowest BCUT2D eigenvalue weighted by molar-refractivity contribution is 0.162. The summed E-state index contributed by atoms with van der Waals surface area (Å²) in [6, 6.07) is 8.09. The molecule has 1 fully saturated rings. The minimum absolute atomic E-state index is 0.366. The smallest absolute Gasteiger partial charge is 0.405 e. The topological polar surface area (TPSA) is 49.3 Å². The summed E-state index contributed by atoms with van der Waals surface area (Å²) in [4.78, 5) is 11.0. The fourth-order valence-electron chi connectivity index (χ4n) is 2.93. The first kappa shape index (κ1) is 12.0. The van der Waals surface area contributed by atoms with Gasteiger partial charge >= 0.3 is 6.09 Å². The van der Waals surface area contributed by atoms with Crippen molar-refractivity contribution in [3.8, 4) is 0 Å². The van der Waals surface area contributed by atoms with Crippen molar-refractivity contribution in [3.63, 3.8) is 0 Å². The van der Waals surface area contributed by atoms with Crippen molar-refractivity contribution in [2.24, 2.45) is 0 Å².